The summed E-state index contributed by atoms with van der Waals surface area (Å²) < 4.78 is 13.1. The van der Waals surface area contributed by atoms with Gasteiger partial charge in [0.25, 0.3) is 0 Å². The van der Waals surface area contributed by atoms with Gasteiger partial charge in [0.05, 0.1) is 6.10 Å². The van der Waals surface area contributed by atoms with Crippen molar-refractivity contribution in [3.63, 3.8) is 0 Å². The molecule has 164 valence electrons. The van der Waals surface area contributed by atoms with Gasteiger partial charge in [0, 0.05) is 17.8 Å². The number of hydrogen-bond donors (Lipinski definition) is 0. The molecule has 0 spiro atoms. The molecule has 1 saturated carbocycles. The number of hydrogen-bond acceptors (Lipinski definition) is 4. The summed E-state index contributed by atoms with van der Waals surface area (Å²) in [6.07, 6.45) is 4.32. The standard InChI is InChI=1S/C23H44O3SSi/c1-15(2)28(16(3)4,17(5)6)25-13-12-20(24)22-26-21-14-18(7)10-11-19(21)23(8,9)27-22/h15-19,21-22H,10-14H2,1-9H3/t18-,19-,21-,22-/m1/s1. The van der Waals surface area contributed by atoms with Crippen LogP contribution in [0.1, 0.15) is 88.0 Å². The molecular weight excluding hydrogens is 384 g/mol. The molecular formula is C23H44O3SSi. The van der Waals surface area contributed by atoms with Crippen molar-refractivity contribution in [2.45, 2.75) is 121 Å². The quantitative estimate of drug-likeness (QED) is 0.398. The van der Waals surface area contributed by atoms with Crippen LogP contribution < -0.4 is 0 Å². The van der Waals surface area contributed by atoms with Gasteiger partial charge in [0.2, 0.25) is 0 Å². The minimum absolute atomic E-state index is 0.108. The molecule has 28 heavy (non-hydrogen) atoms. The average molecular weight is 429 g/mol. The first-order chi connectivity index (χ1) is 12.9. The SMILES string of the molecule is CC(C)[Si](OCCC(=O)[C@@H]1O[C@@H]2C[C@H](C)CC[C@H]2C(C)(C)S1)(C(C)C)C(C)C. The molecule has 3 nitrogen and oxygen atoms in total. The summed E-state index contributed by atoms with van der Waals surface area (Å²) in [6.45, 7) is 21.2. The number of rotatable bonds is 8. The zero-order valence-electron chi connectivity index (χ0n) is 19.7. The van der Waals surface area contributed by atoms with Crippen LogP contribution in [-0.2, 0) is 14.0 Å². The van der Waals surface area contributed by atoms with Crippen LogP contribution in [0.4, 0.5) is 0 Å². The zero-order valence-corrected chi connectivity index (χ0v) is 21.5. The lowest BCUT2D eigenvalue weighted by atomic mass is 9.75. The van der Waals surface area contributed by atoms with Gasteiger partial charge < -0.3 is 9.16 Å². The van der Waals surface area contributed by atoms with Gasteiger partial charge in [-0.3, -0.25) is 4.79 Å². The molecule has 1 aliphatic carbocycles. The lowest BCUT2D eigenvalue weighted by molar-refractivity contribution is -0.134. The van der Waals surface area contributed by atoms with Gasteiger partial charge in [-0.05, 0) is 41.3 Å². The highest BCUT2D eigenvalue weighted by Crippen LogP contribution is 2.50. The monoisotopic (exact) mass is 428 g/mol. The Balaban J connectivity index is 1.99. The van der Waals surface area contributed by atoms with Crippen molar-refractivity contribution in [1.29, 1.82) is 0 Å². The van der Waals surface area contributed by atoms with Gasteiger partial charge in [-0.15, -0.1) is 11.8 Å². The highest BCUT2D eigenvalue weighted by molar-refractivity contribution is 8.01. The molecule has 0 amide bonds. The molecule has 0 aromatic carbocycles. The maximum atomic E-state index is 13.0. The maximum Gasteiger partial charge on any atom is 0.200 e. The number of carbonyl (C=O) groups excluding carboxylic acids is 1. The normalized spacial score (nSPS) is 30.7. The zero-order chi connectivity index (χ0) is 21.3. The summed E-state index contributed by atoms with van der Waals surface area (Å²) in [6, 6.07) is 0. The van der Waals surface area contributed by atoms with E-state index in [1.54, 1.807) is 11.8 Å². The van der Waals surface area contributed by atoms with Crippen molar-refractivity contribution >= 4 is 25.9 Å². The van der Waals surface area contributed by atoms with Gasteiger partial charge in [-0.2, -0.15) is 0 Å². The van der Waals surface area contributed by atoms with Crippen molar-refractivity contribution < 1.29 is 14.0 Å². The molecule has 4 atom stereocenters. The third-order valence-electron chi connectivity index (χ3n) is 7.33. The average Bonchev–Trinajstić information content (AvgIpc) is 2.56. The van der Waals surface area contributed by atoms with Crippen molar-refractivity contribution in [3.8, 4) is 0 Å². The first kappa shape index (κ1) is 24.4. The second kappa shape index (κ2) is 9.53. The lowest BCUT2D eigenvalue weighted by Gasteiger charge is -2.49. The van der Waals surface area contributed by atoms with Gasteiger partial charge in [0.1, 0.15) is 0 Å². The summed E-state index contributed by atoms with van der Waals surface area (Å²) >= 11 is 1.74. The molecule has 2 fully saturated rings. The predicted octanol–water partition coefficient (Wildman–Crippen LogP) is 6.81. The van der Waals surface area contributed by atoms with Crippen molar-refractivity contribution in [2.75, 3.05) is 6.61 Å². The molecule has 1 saturated heterocycles. The van der Waals surface area contributed by atoms with Gasteiger partial charge in [-0.25, -0.2) is 0 Å². The van der Waals surface area contributed by atoms with E-state index >= 15 is 0 Å². The molecule has 0 radical (unpaired) electrons. The Labute approximate surface area is 179 Å². The highest BCUT2D eigenvalue weighted by atomic mass is 32.2. The topological polar surface area (TPSA) is 35.5 Å². The Bertz CT molecular complexity index is 510. The number of carbonyl (C=O) groups is 1. The largest absolute Gasteiger partial charge is 0.416 e. The molecule has 0 unspecified atom stereocenters. The second-order valence-electron chi connectivity index (χ2n) is 10.6. The van der Waals surface area contributed by atoms with Crippen molar-refractivity contribution in [2.24, 2.45) is 11.8 Å². The molecule has 2 rings (SSSR count). The van der Waals surface area contributed by atoms with E-state index in [1.807, 2.05) is 0 Å². The first-order valence-corrected chi connectivity index (χ1v) is 14.4. The van der Waals surface area contributed by atoms with Crippen LogP contribution in [0.5, 0.6) is 0 Å². The van der Waals surface area contributed by atoms with Crippen LogP contribution in [0.2, 0.25) is 16.6 Å². The van der Waals surface area contributed by atoms with Crippen molar-refractivity contribution in [3.05, 3.63) is 0 Å². The number of Topliss-reactive ketones (excluding diaryl/α,β-unsaturated/α-hetero) is 1. The maximum absolute atomic E-state index is 13.0. The molecule has 1 aliphatic heterocycles. The minimum Gasteiger partial charge on any atom is -0.416 e. The van der Waals surface area contributed by atoms with Crippen LogP contribution in [0.25, 0.3) is 0 Å². The second-order valence-corrected chi connectivity index (χ2v) is 17.8. The highest BCUT2D eigenvalue weighted by Gasteiger charge is 2.48. The Morgan fingerprint density at radius 1 is 1.11 bits per heavy atom. The minimum atomic E-state index is -1.91. The van der Waals surface area contributed by atoms with Crippen LogP contribution in [0.3, 0.4) is 0 Å². The number of ether oxygens (including phenoxy) is 1. The van der Waals surface area contributed by atoms with E-state index in [0.717, 1.165) is 6.42 Å². The molecule has 0 aromatic rings. The fraction of sp³-hybridized carbons (Fsp3) is 0.957. The number of ketones is 1. The summed E-state index contributed by atoms with van der Waals surface area (Å²) in [5.74, 6) is 1.49. The lowest BCUT2D eigenvalue weighted by Crippen LogP contribution is -2.51. The Morgan fingerprint density at radius 3 is 2.21 bits per heavy atom. The Morgan fingerprint density at radius 2 is 1.68 bits per heavy atom. The van der Waals surface area contributed by atoms with Crippen LogP contribution in [0, 0.1) is 11.8 Å². The van der Waals surface area contributed by atoms with Crippen LogP contribution in [-0.4, -0.2) is 37.0 Å². The van der Waals surface area contributed by atoms with E-state index < -0.39 is 8.32 Å². The fourth-order valence-corrected chi connectivity index (χ4v) is 12.8. The summed E-state index contributed by atoms with van der Waals surface area (Å²) in [5.41, 5.74) is 1.32. The Kier molecular flexibility index (Phi) is 8.31. The van der Waals surface area contributed by atoms with E-state index in [9.17, 15) is 4.79 Å². The summed E-state index contributed by atoms with van der Waals surface area (Å²) in [5, 5.41) is 0. The molecule has 5 heteroatoms. The van der Waals surface area contributed by atoms with Gasteiger partial charge in [0.15, 0.2) is 19.5 Å². The smallest absolute Gasteiger partial charge is 0.200 e. The third-order valence-corrected chi connectivity index (χ3v) is 14.9. The van der Waals surface area contributed by atoms with Crippen LogP contribution in [0.15, 0.2) is 0 Å². The van der Waals surface area contributed by atoms with E-state index in [0.29, 0.717) is 41.5 Å². The van der Waals surface area contributed by atoms with Gasteiger partial charge >= 0.3 is 0 Å². The van der Waals surface area contributed by atoms with E-state index in [-0.39, 0.29) is 22.1 Å². The molecule has 0 bridgehead atoms. The number of thioether (sulfide) groups is 1. The molecule has 1 heterocycles. The summed E-state index contributed by atoms with van der Waals surface area (Å²) in [4.78, 5) is 13.0. The van der Waals surface area contributed by atoms with Gasteiger partial charge in [-0.1, -0.05) is 68.7 Å². The fourth-order valence-electron chi connectivity index (χ4n) is 5.91. The first-order valence-electron chi connectivity index (χ1n) is 11.4. The Hall–Kier alpha value is 0.157. The van der Waals surface area contributed by atoms with Crippen molar-refractivity contribution in [1.82, 2.24) is 0 Å². The molecule has 2 aliphatic rings. The summed E-state index contributed by atoms with van der Waals surface area (Å²) in [7, 11) is -1.91. The van der Waals surface area contributed by atoms with E-state index in [4.69, 9.17) is 9.16 Å². The third kappa shape index (κ3) is 5.07. The number of fused-ring (bicyclic) bond motifs is 1. The molecule has 0 N–H and O–H groups in total. The van der Waals surface area contributed by atoms with E-state index in [2.05, 4.69) is 62.3 Å². The molecule has 0 aromatic heterocycles. The predicted molar refractivity (Wildman–Crippen MR) is 123 cm³/mol. The van der Waals surface area contributed by atoms with Crippen LogP contribution >= 0.6 is 11.8 Å². The van der Waals surface area contributed by atoms with E-state index in [1.165, 1.54) is 12.8 Å².